The third kappa shape index (κ3) is 2.07. The number of benzene rings is 2. The van der Waals surface area contributed by atoms with Crippen LogP contribution in [0.2, 0.25) is 0 Å². The van der Waals surface area contributed by atoms with E-state index in [1.54, 1.807) is 0 Å². The number of thiol groups is 1. The molecule has 0 bridgehead atoms. The molecule has 0 aliphatic rings. The lowest BCUT2D eigenvalue weighted by atomic mass is 10.0. The van der Waals surface area contributed by atoms with Crippen molar-refractivity contribution in [2.45, 2.75) is 18.7 Å². The van der Waals surface area contributed by atoms with E-state index in [2.05, 4.69) is 50.7 Å². The molecule has 76 valence electrons. The monoisotopic (exact) mass is 214 g/mol. The van der Waals surface area contributed by atoms with Gasteiger partial charge in [0.2, 0.25) is 0 Å². The highest BCUT2D eigenvalue weighted by molar-refractivity contribution is 7.80. The standard InChI is InChI=1S/C14H14S/c1-10-7-8-12(9-11(10)2)13-5-3-4-6-14(13)15/h3-9,15H,1-2H3. The Bertz CT molecular complexity index is 486. The van der Waals surface area contributed by atoms with Crippen LogP contribution in [0.25, 0.3) is 11.1 Å². The summed E-state index contributed by atoms with van der Waals surface area (Å²) in [6.07, 6.45) is 0. The van der Waals surface area contributed by atoms with Crippen molar-refractivity contribution in [1.82, 2.24) is 0 Å². The van der Waals surface area contributed by atoms with Gasteiger partial charge < -0.3 is 0 Å². The smallest absolute Gasteiger partial charge is 0.0119 e. The minimum atomic E-state index is 1.03. The second-order valence-electron chi connectivity index (χ2n) is 3.82. The van der Waals surface area contributed by atoms with E-state index >= 15 is 0 Å². The molecule has 0 atom stereocenters. The zero-order chi connectivity index (χ0) is 10.8. The van der Waals surface area contributed by atoms with E-state index in [1.807, 2.05) is 18.2 Å². The van der Waals surface area contributed by atoms with Crippen LogP contribution in [0.5, 0.6) is 0 Å². The van der Waals surface area contributed by atoms with Crippen molar-refractivity contribution in [3.63, 3.8) is 0 Å². The van der Waals surface area contributed by atoms with Crippen LogP contribution in [0.1, 0.15) is 11.1 Å². The van der Waals surface area contributed by atoms with E-state index in [0.29, 0.717) is 0 Å². The predicted molar refractivity (Wildman–Crippen MR) is 68.6 cm³/mol. The van der Waals surface area contributed by atoms with Crippen LogP contribution in [0.4, 0.5) is 0 Å². The first-order chi connectivity index (χ1) is 7.18. The Labute approximate surface area is 96.4 Å². The van der Waals surface area contributed by atoms with Crippen molar-refractivity contribution in [3.8, 4) is 11.1 Å². The van der Waals surface area contributed by atoms with Crippen molar-refractivity contribution < 1.29 is 0 Å². The van der Waals surface area contributed by atoms with Crippen LogP contribution in [0.3, 0.4) is 0 Å². The lowest BCUT2D eigenvalue weighted by Crippen LogP contribution is -1.84. The van der Waals surface area contributed by atoms with Crippen molar-refractivity contribution in [3.05, 3.63) is 53.6 Å². The molecule has 0 N–H and O–H groups in total. The van der Waals surface area contributed by atoms with E-state index < -0.39 is 0 Å². The molecule has 15 heavy (non-hydrogen) atoms. The number of hydrogen-bond donors (Lipinski definition) is 1. The molecule has 0 saturated heterocycles. The summed E-state index contributed by atoms with van der Waals surface area (Å²) in [6, 6.07) is 14.7. The Morgan fingerprint density at radius 2 is 1.60 bits per heavy atom. The topological polar surface area (TPSA) is 0 Å². The average molecular weight is 214 g/mol. The van der Waals surface area contributed by atoms with Crippen molar-refractivity contribution in [1.29, 1.82) is 0 Å². The summed E-state index contributed by atoms with van der Waals surface area (Å²) in [4.78, 5) is 1.03. The zero-order valence-electron chi connectivity index (χ0n) is 8.99. The fourth-order valence-corrected chi connectivity index (χ4v) is 1.92. The van der Waals surface area contributed by atoms with Crippen molar-refractivity contribution in [2.24, 2.45) is 0 Å². The summed E-state index contributed by atoms with van der Waals surface area (Å²) in [5, 5.41) is 0. The summed E-state index contributed by atoms with van der Waals surface area (Å²) >= 11 is 4.47. The first-order valence-electron chi connectivity index (χ1n) is 5.04. The molecule has 0 aliphatic carbocycles. The predicted octanol–water partition coefficient (Wildman–Crippen LogP) is 4.26. The summed E-state index contributed by atoms with van der Waals surface area (Å²) in [6.45, 7) is 4.27. The largest absolute Gasteiger partial charge is 0.143 e. The van der Waals surface area contributed by atoms with Crippen LogP contribution in [-0.4, -0.2) is 0 Å². The molecular weight excluding hydrogens is 200 g/mol. The van der Waals surface area contributed by atoms with Crippen LogP contribution in [-0.2, 0) is 0 Å². The number of hydrogen-bond acceptors (Lipinski definition) is 1. The van der Waals surface area contributed by atoms with Crippen molar-refractivity contribution >= 4 is 12.6 Å². The van der Waals surface area contributed by atoms with E-state index in [0.717, 1.165) is 4.90 Å². The highest BCUT2D eigenvalue weighted by Gasteiger charge is 2.02. The lowest BCUT2D eigenvalue weighted by Gasteiger charge is -2.07. The fourth-order valence-electron chi connectivity index (χ4n) is 1.63. The maximum atomic E-state index is 4.47. The quantitative estimate of drug-likeness (QED) is 0.674. The van der Waals surface area contributed by atoms with E-state index in [-0.39, 0.29) is 0 Å². The minimum absolute atomic E-state index is 1.03. The van der Waals surface area contributed by atoms with Crippen LogP contribution in [0, 0.1) is 13.8 Å². The molecule has 0 heterocycles. The molecule has 2 aromatic rings. The first-order valence-corrected chi connectivity index (χ1v) is 5.49. The summed E-state index contributed by atoms with van der Waals surface area (Å²) in [7, 11) is 0. The summed E-state index contributed by atoms with van der Waals surface area (Å²) in [5.41, 5.74) is 5.09. The molecule has 0 nitrogen and oxygen atoms in total. The molecule has 2 aromatic carbocycles. The first kappa shape index (κ1) is 10.3. The average Bonchev–Trinajstić information content (AvgIpc) is 2.23. The SMILES string of the molecule is Cc1ccc(-c2ccccc2S)cc1C. The highest BCUT2D eigenvalue weighted by atomic mass is 32.1. The molecule has 0 saturated carbocycles. The molecule has 0 aromatic heterocycles. The molecule has 0 radical (unpaired) electrons. The van der Waals surface area contributed by atoms with Gasteiger partial charge in [-0.3, -0.25) is 0 Å². The molecule has 0 amide bonds. The molecular formula is C14H14S. The van der Waals surface area contributed by atoms with Gasteiger partial charge in [0.15, 0.2) is 0 Å². The Morgan fingerprint density at radius 1 is 0.867 bits per heavy atom. The van der Waals surface area contributed by atoms with E-state index in [9.17, 15) is 0 Å². The summed E-state index contributed by atoms with van der Waals surface area (Å²) in [5.74, 6) is 0. The van der Waals surface area contributed by atoms with Gasteiger partial charge in [-0.15, -0.1) is 12.6 Å². The Morgan fingerprint density at radius 3 is 2.27 bits per heavy atom. The van der Waals surface area contributed by atoms with E-state index in [4.69, 9.17) is 0 Å². The van der Waals surface area contributed by atoms with Gasteiger partial charge >= 0.3 is 0 Å². The van der Waals surface area contributed by atoms with Gasteiger partial charge in [0.05, 0.1) is 0 Å². The lowest BCUT2D eigenvalue weighted by molar-refractivity contribution is 1.33. The van der Waals surface area contributed by atoms with Gasteiger partial charge in [0.1, 0.15) is 0 Å². The Balaban J connectivity index is 2.55. The molecule has 2 rings (SSSR count). The van der Waals surface area contributed by atoms with Gasteiger partial charge in [-0.05, 0) is 42.2 Å². The Hall–Kier alpha value is -1.21. The highest BCUT2D eigenvalue weighted by Crippen LogP contribution is 2.27. The van der Waals surface area contributed by atoms with Gasteiger partial charge in [-0.25, -0.2) is 0 Å². The van der Waals surface area contributed by atoms with Crippen LogP contribution >= 0.6 is 12.6 Å². The second kappa shape index (κ2) is 4.11. The number of aryl methyl sites for hydroxylation is 2. The Kier molecular flexibility index (Phi) is 2.83. The normalized spacial score (nSPS) is 10.3. The van der Waals surface area contributed by atoms with Gasteiger partial charge in [-0.2, -0.15) is 0 Å². The molecule has 0 unspecified atom stereocenters. The number of rotatable bonds is 1. The van der Waals surface area contributed by atoms with Gasteiger partial charge in [0, 0.05) is 4.90 Å². The van der Waals surface area contributed by atoms with E-state index in [1.165, 1.54) is 22.3 Å². The molecule has 1 heteroatoms. The minimum Gasteiger partial charge on any atom is -0.143 e. The third-order valence-corrected chi connectivity index (χ3v) is 3.11. The third-order valence-electron chi connectivity index (χ3n) is 2.72. The van der Waals surface area contributed by atoms with Gasteiger partial charge in [-0.1, -0.05) is 36.4 Å². The van der Waals surface area contributed by atoms with Gasteiger partial charge in [0.25, 0.3) is 0 Å². The fraction of sp³-hybridized carbons (Fsp3) is 0.143. The molecule has 0 aliphatic heterocycles. The molecule has 0 spiro atoms. The van der Waals surface area contributed by atoms with Crippen molar-refractivity contribution in [2.75, 3.05) is 0 Å². The maximum Gasteiger partial charge on any atom is 0.0119 e. The summed E-state index contributed by atoms with van der Waals surface area (Å²) < 4.78 is 0. The molecule has 0 fully saturated rings. The van der Waals surface area contributed by atoms with Crippen LogP contribution < -0.4 is 0 Å². The van der Waals surface area contributed by atoms with Crippen LogP contribution in [0.15, 0.2) is 47.4 Å². The zero-order valence-corrected chi connectivity index (χ0v) is 9.88. The maximum absolute atomic E-state index is 4.47. The second-order valence-corrected chi connectivity index (χ2v) is 4.30.